The van der Waals surface area contributed by atoms with Crippen LogP contribution in [0, 0.1) is 0 Å². The summed E-state index contributed by atoms with van der Waals surface area (Å²) in [4.78, 5) is 0. The summed E-state index contributed by atoms with van der Waals surface area (Å²) < 4.78 is 9.34. The molecule has 0 spiro atoms. The van der Waals surface area contributed by atoms with E-state index in [-0.39, 0.29) is 0 Å². The first-order valence-electron chi connectivity index (χ1n) is 5.18. The van der Waals surface area contributed by atoms with E-state index in [1.54, 1.807) is 0 Å². The summed E-state index contributed by atoms with van der Waals surface area (Å²) in [6.45, 7) is 2.38. The van der Waals surface area contributed by atoms with Gasteiger partial charge >= 0.3 is 0 Å². The fourth-order valence-corrected chi connectivity index (χ4v) is 2.06. The van der Waals surface area contributed by atoms with E-state index < -0.39 is 0 Å². The van der Waals surface area contributed by atoms with Crippen molar-refractivity contribution in [3.05, 3.63) is 34.5 Å². The number of nitrogens with two attached hydrogens (primary N) is 1. The number of benzene rings is 1. The SMILES string of the molecule is CCc1cc(OCc2nnsc2N)ccc1Cl. The number of ether oxygens (including phenoxy) is 1. The number of aryl methyl sites for hydroxylation is 1. The van der Waals surface area contributed by atoms with Crippen LogP contribution in [0.3, 0.4) is 0 Å². The maximum Gasteiger partial charge on any atom is 0.136 e. The van der Waals surface area contributed by atoms with E-state index in [4.69, 9.17) is 22.1 Å². The topological polar surface area (TPSA) is 61.0 Å². The highest BCUT2D eigenvalue weighted by Crippen LogP contribution is 2.23. The summed E-state index contributed by atoms with van der Waals surface area (Å²) in [6.07, 6.45) is 0.871. The van der Waals surface area contributed by atoms with Gasteiger partial charge in [-0.05, 0) is 30.2 Å². The first kappa shape index (κ1) is 12.1. The maximum absolute atomic E-state index is 6.03. The predicted octanol–water partition coefficient (Wildman–Crippen LogP) is 2.92. The second-order valence-electron chi connectivity index (χ2n) is 3.48. The lowest BCUT2D eigenvalue weighted by atomic mass is 10.1. The lowest BCUT2D eigenvalue weighted by molar-refractivity contribution is 0.301. The molecule has 0 atom stereocenters. The Labute approximate surface area is 109 Å². The molecule has 6 heteroatoms. The number of halogens is 1. The molecule has 2 aromatic rings. The zero-order valence-corrected chi connectivity index (χ0v) is 10.9. The van der Waals surface area contributed by atoms with Gasteiger partial charge in [-0.15, -0.1) is 5.10 Å². The molecule has 0 aliphatic rings. The van der Waals surface area contributed by atoms with Crippen LogP contribution in [0.4, 0.5) is 5.00 Å². The van der Waals surface area contributed by atoms with Crippen LogP contribution in [-0.4, -0.2) is 9.59 Å². The highest BCUT2D eigenvalue weighted by molar-refractivity contribution is 7.09. The third-order valence-corrected chi connectivity index (χ3v) is 3.32. The van der Waals surface area contributed by atoms with Crippen molar-refractivity contribution in [3.8, 4) is 5.75 Å². The van der Waals surface area contributed by atoms with E-state index >= 15 is 0 Å². The number of hydrogen-bond acceptors (Lipinski definition) is 5. The highest BCUT2D eigenvalue weighted by atomic mass is 35.5. The molecule has 0 bridgehead atoms. The van der Waals surface area contributed by atoms with Gasteiger partial charge in [0.25, 0.3) is 0 Å². The van der Waals surface area contributed by atoms with Crippen LogP contribution in [0.1, 0.15) is 18.2 Å². The molecule has 2 N–H and O–H groups in total. The highest BCUT2D eigenvalue weighted by Gasteiger charge is 2.06. The van der Waals surface area contributed by atoms with Crippen molar-refractivity contribution in [2.45, 2.75) is 20.0 Å². The van der Waals surface area contributed by atoms with Crippen molar-refractivity contribution in [2.24, 2.45) is 0 Å². The van der Waals surface area contributed by atoms with Crippen LogP contribution >= 0.6 is 23.1 Å². The minimum atomic E-state index is 0.327. The van der Waals surface area contributed by atoms with Gasteiger partial charge in [0.2, 0.25) is 0 Å². The van der Waals surface area contributed by atoms with Gasteiger partial charge < -0.3 is 10.5 Å². The average Bonchev–Trinajstić information content (AvgIpc) is 2.74. The second-order valence-corrected chi connectivity index (χ2v) is 4.67. The van der Waals surface area contributed by atoms with Crippen LogP contribution in [0.2, 0.25) is 5.02 Å². The molecule has 1 aromatic heterocycles. The Bertz CT molecular complexity index is 515. The van der Waals surface area contributed by atoms with Gasteiger partial charge in [0.15, 0.2) is 0 Å². The molecule has 4 nitrogen and oxygen atoms in total. The van der Waals surface area contributed by atoms with Crippen molar-refractivity contribution in [1.29, 1.82) is 0 Å². The van der Waals surface area contributed by atoms with Crippen molar-refractivity contribution < 1.29 is 4.74 Å². The summed E-state index contributed by atoms with van der Waals surface area (Å²) >= 11 is 7.19. The van der Waals surface area contributed by atoms with Gasteiger partial charge in [-0.3, -0.25) is 0 Å². The first-order chi connectivity index (χ1) is 8.20. The second kappa shape index (κ2) is 5.33. The molecule has 1 heterocycles. The van der Waals surface area contributed by atoms with Crippen LogP contribution in [0.25, 0.3) is 0 Å². The molecule has 2 rings (SSSR count). The van der Waals surface area contributed by atoms with Gasteiger partial charge in [0, 0.05) is 16.6 Å². The third kappa shape index (κ3) is 2.87. The summed E-state index contributed by atoms with van der Waals surface area (Å²) in [7, 11) is 0. The Hall–Kier alpha value is -1.33. The predicted molar refractivity (Wildman–Crippen MR) is 69.5 cm³/mol. The molecule has 0 aliphatic carbocycles. The molecule has 0 saturated heterocycles. The fourth-order valence-electron chi connectivity index (χ4n) is 1.38. The summed E-state index contributed by atoms with van der Waals surface area (Å²) in [5, 5.41) is 5.23. The quantitative estimate of drug-likeness (QED) is 0.927. The zero-order chi connectivity index (χ0) is 12.3. The molecular formula is C11H12ClN3OS. The number of rotatable bonds is 4. The molecule has 1 aromatic carbocycles. The fraction of sp³-hybridized carbons (Fsp3) is 0.273. The average molecular weight is 270 g/mol. The molecule has 0 aliphatic heterocycles. The molecule has 0 fully saturated rings. The van der Waals surface area contributed by atoms with Crippen LogP contribution in [0.5, 0.6) is 5.75 Å². The van der Waals surface area contributed by atoms with Crippen molar-refractivity contribution in [2.75, 3.05) is 5.73 Å². The normalized spacial score (nSPS) is 10.5. The maximum atomic E-state index is 6.03. The number of hydrogen-bond donors (Lipinski definition) is 1. The number of aromatic nitrogens is 2. The minimum absolute atomic E-state index is 0.327. The first-order valence-corrected chi connectivity index (χ1v) is 6.33. The van der Waals surface area contributed by atoms with Gasteiger partial charge in [-0.25, -0.2) is 0 Å². The van der Waals surface area contributed by atoms with Crippen LogP contribution in [-0.2, 0) is 13.0 Å². The Morgan fingerprint density at radius 3 is 2.94 bits per heavy atom. The third-order valence-electron chi connectivity index (χ3n) is 2.36. The molecule has 0 unspecified atom stereocenters. The number of anilines is 1. The molecule has 0 saturated carbocycles. The van der Waals surface area contributed by atoms with Gasteiger partial charge in [-0.1, -0.05) is 23.0 Å². The Balaban J connectivity index is 2.07. The standard InChI is InChI=1S/C11H12ClN3OS/c1-2-7-5-8(3-4-9(7)12)16-6-10-11(13)17-15-14-10/h3-5H,2,6,13H2,1H3. The lowest BCUT2D eigenvalue weighted by Crippen LogP contribution is -1.99. The zero-order valence-electron chi connectivity index (χ0n) is 9.31. The van der Waals surface area contributed by atoms with E-state index in [0.29, 0.717) is 17.3 Å². The Morgan fingerprint density at radius 2 is 2.29 bits per heavy atom. The van der Waals surface area contributed by atoms with E-state index in [9.17, 15) is 0 Å². The van der Waals surface area contributed by atoms with Crippen LogP contribution in [0.15, 0.2) is 18.2 Å². The monoisotopic (exact) mass is 269 g/mol. The van der Waals surface area contributed by atoms with Gasteiger partial charge in [-0.2, -0.15) is 0 Å². The summed E-state index contributed by atoms with van der Waals surface area (Å²) in [6, 6.07) is 5.59. The van der Waals surface area contributed by atoms with E-state index in [1.807, 2.05) is 25.1 Å². The van der Waals surface area contributed by atoms with Gasteiger partial charge in [0.05, 0.1) is 0 Å². The van der Waals surface area contributed by atoms with Crippen LogP contribution < -0.4 is 10.5 Å². The van der Waals surface area contributed by atoms with Crippen molar-refractivity contribution >= 4 is 28.1 Å². The van der Waals surface area contributed by atoms with E-state index in [2.05, 4.69) is 9.59 Å². The van der Waals surface area contributed by atoms with Crippen molar-refractivity contribution in [1.82, 2.24) is 9.59 Å². The van der Waals surface area contributed by atoms with Crippen molar-refractivity contribution in [3.63, 3.8) is 0 Å². The minimum Gasteiger partial charge on any atom is -0.487 e. The molecule has 90 valence electrons. The molecule has 0 radical (unpaired) electrons. The smallest absolute Gasteiger partial charge is 0.136 e. The Morgan fingerprint density at radius 1 is 1.47 bits per heavy atom. The molecule has 17 heavy (non-hydrogen) atoms. The Kier molecular flexibility index (Phi) is 3.81. The molecular weight excluding hydrogens is 258 g/mol. The summed E-state index contributed by atoms with van der Waals surface area (Å²) in [5.41, 5.74) is 7.41. The lowest BCUT2D eigenvalue weighted by Gasteiger charge is -2.07. The van der Waals surface area contributed by atoms with E-state index in [0.717, 1.165) is 22.8 Å². The number of nitrogen functional groups attached to an aromatic ring is 1. The molecule has 0 amide bonds. The van der Waals surface area contributed by atoms with E-state index in [1.165, 1.54) is 11.5 Å². The summed E-state index contributed by atoms with van der Waals surface area (Å²) in [5.74, 6) is 0.763. The largest absolute Gasteiger partial charge is 0.487 e. The van der Waals surface area contributed by atoms with Gasteiger partial charge in [0.1, 0.15) is 23.1 Å². The number of nitrogens with zero attached hydrogens (tertiary/aromatic N) is 2.